The number of nitrogens with one attached hydrogen (secondary N) is 1. The number of fused-ring (bicyclic) bond motifs is 2. The molecule has 1 N–H and O–H groups in total. The Morgan fingerprint density at radius 1 is 1.03 bits per heavy atom. The second kappa shape index (κ2) is 8.71. The Hall–Kier alpha value is -3.64. The van der Waals surface area contributed by atoms with Gasteiger partial charge in [0.2, 0.25) is 5.89 Å². The van der Waals surface area contributed by atoms with Crippen LogP contribution >= 0.6 is 15.9 Å². The lowest BCUT2D eigenvalue weighted by atomic mass is 10.1. The molecule has 0 aliphatic rings. The predicted molar refractivity (Wildman–Crippen MR) is 135 cm³/mol. The van der Waals surface area contributed by atoms with Crippen LogP contribution in [0.1, 0.15) is 22.8 Å². The van der Waals surface area contributed by atoms with E-state index in [4.69, 9.17) is 9.15 Å². The fraction of sp³-hybridized carbons (Fsp3) is 0.111. The van der Waals surface area contributed by atoms with E-state index in [1.54, 1.807) is 7.11 Å². The van der Waals surface area contributed by atoms with Gasteiger partial charge in [-0.2, -0.15) is 0 Å². The molecule has 1 heterocycles. The number of nitrogens with zero attached hydrogens (tertiary/aromatic N) is 1. The monoisotopic (exact) mass is 500 g/mol. The Labute approximate surface area is 199 Å². The van der Waals surface area contributed by atoms with Crippen LogP contribution in [0.15, 0.2) is 81.7 Å². The Bertz CT molecular complexity index is 1490. The highest BCUT2D eigenvalue weighted by molar-refractivity contribution is 9.10. The molecule has 1 amide bonds. The van der Waals surface area contributed by atoms with Gasteiger partial charge >= 0.3 is 0 Å². The minimum absolute atomic E-state index is 0.233. The molecule has 0 aliphatic heterocycles. The van der Waals surface area contributed by atoms with Gasteiger partial charge < -0.3 is 14.5 Å². The number of benzene rings is 4. The predicted octanol–water partition coefficient (Wildman–Crippen LogP) is 7.23. The summed E-state index contributed by atoms with van der Waals surface area (Å²) in [7, 11) is 1.57. The van der Waals surface area contributed by atoms with E-state index in [9.17, 15) is 4.79 Å². The van der Waals surface area contributed by atoms with Crippen LogP contribution in [-0.2, 0) is 6.42 Å². The quantitative estimate of drug-likeness (QED) is 0.276. The molecule has 0 radical (unpaired) electrons. The second-order valence-electron chi connectivity index (χ2n) is 7.73. The molecule has 33 heavy (non-hydrogen) atoms. The average Bonchev–Trinajstić information content (AvgIpc) is 3.28. The van der Waals surface area contributed by atoms with Crippen LogP contribution in [0, 0.1) is 0 Å². The van der Waals surface area contributed by atoms with E-state index in [1.165, 1.54) is 5.56 Å². The van der Waals surface area contributed by atoms with Crippen molar-refractivity contribution in [2.24, 2.45) is 0 Å². The zero-order valence-electron chi connectivity index (χ0n) is 18.2. The summed E-state index contributed by atoms with van der Waals surface area (Å²) in [4.78, 5) is 17.6. The van der Waals surface area contributed by atoms with Crippen LogP contribution < -0.4 is 10.1 Å². The molecule has 164 valence electrons. The van der Waals surface area contributed by atoms with Gasteiger partial charge in [-0.1, -0.05) is 31.2 Å². The standard InChI is InChI=1S/C27H21BrN2O3/c1-3-16-12-22(28)25-23(13-16)30-27(33-25)17-8-10-20(11-9-17)29-26(31)21-14-18-6-4-5-7-19(18)15-24(21)32-2/h4-15H,3H2,1-2H3,(H,29,31). The van der Waals surface area contributed by atoms with Crippen molar-refractivity contribution in [3.8, 4) is 17.2 Å². The molecule has 5 nitrogen and oxygen atoms in total. The topological polar surface area (TPSA) is 64.4 Å². The summed E-state index contributed by atoms with van der Waals surface area (Å²) in [5, 5.41) is 4.95. The van der Waals surface area contributed by atoms with Gasteiger partial charge in [0.15, 0.2) is 5.58 Å². The molecule has 0 unspecified atom stereocenters. The lowest BCUT2D eigenvalue weighted by Crippen LogP contribution is -2.13. The molecule has 1 aromatic heterocycles. The lowest BCUT2D eigenvalue weighted by molar-refractivity contribution is 0.102. The van der Waals surface area contributed by atoms with Crippen LogP contribution in [0.5, 0.6) is 5.75 Å². The Balaban J connectivity index is 1.40. The zero-order chi connectivity index (χ0) is 22.9. The number of carbonyl (C=O) groups excluding carboxylic acids is 1. The van der Waals surface area contributed by atoms with Crippen LogP contribution in [0.3, 0.4) is 0 Å². The normalized spacial score (nSPS) is 11.1. The highest BCUT2D eigenvalue weighted by Gasteiger charge is 2.15. The third kappa shape index (κ3) is 4.10. The summed E-state index contributed by atoms with van der Waals surface area (Å²) in [5.41, 5.74) is 4.72. The first-order chi connectivity index (χ1) is 16.1. The summed E-state index contributed by atoms with van der Waals surface area (Å²) >= 11 is 3.57. The SMILES string of the molecule is CCc1cc(Br)c2oc(-c3ccc(NC(=O)c4cc5ccccc5cc4OC)cc3)nc2c1. The number of halogens is 1. The first-order valence-corrected chi connectivity index (χ1v) is 11.4. The molecule has 0 saturated carbocycles. The van der Waals surface area contributed by atoms with Gasteiger partial charge in [-0.15, -0.1) is 0 Å². The number of hydrogen-bond acceptors (Lipinski definition) is 4. The molecular weight excluding hydrogens is 480 g/mol. The number of methoxy groups -OCH3 is 1. The van der Waals surface area contributed by atoms with Gasteiger partial charge in [-0.05, 0) is 87.2 Å². The summed E-state index contributed by atoms with van der Waals surface area (Å²) in [5.74, 6) is 0.836. The van der Waals surface area contributed by atoms with E-state index in [-0.39, 0.29) is 5.91 Å². The van der Waals surface area contributed by atoms with Crippen LogP contribution in [0.25, 0.3) is 33.3 Å². The third-order valence-corrected chi connectivity index (χ3v) is 6.20. The highest BCUT2D eigenvalue weighted by atomic mass is 79.9. The van der Waals surface area contributed by atoms with E-state index in [0.29, 0.717) is 22.9 Å². The van der Waals surface area contributed by atoms with E-state index in [2.05, 4.69) is 39.2 Å². The van der Waals surface area contributed by atoms with Crippen LogP contribution in [0.4, 0.5) is 5.69 Å². The number of aromatic nitrogens is 1. The molecular formula is C27H21BrN2O3. The largest absolute Gasteiger partial charge is 0.496 e. The number of ether oxygens (including phenoxy) is 1. The number of aryl methyl sites for hydroxylation is 1. The Morgan fingerprint density at radius 3 is 2.45 bits per heavy atom. The maximum atomic E-state index is 13.0. The lowest BCUT2D eigenvalue weighted by Gasteiger charge is -2.11. The molecule has 4 aromatic carbocycles. The van der Waals surface area contributed by atoms with E-state index >= 15 is 0 Å². The van der Waals surface area contributed by atoms with Gasteiger partial charge in [0.1, 0.15) is 11.3 Å². The number of hydrogen-bond donors (Lipinski definition) is 1. The summed E-state index contributed by atoms with van der Waals surface area (Å²) in [6, 6.07) is 23.1. The van der Waals surface area contributed by atoms with Crippen molar-refractivity contribution in [1.82, 2.24) is 4.98 Å². The Morgan fingerprint density at radius 2 is 1.76 bits per heavy atom. The van der Waals surface area contributed by atoms with Gasteiger partial charge in [-0.3, -0.25) is 4.79 Å². The van der Waals surface area contributed by atoms with Gasteiger partial charge in [0.05, 0.1) is 17.1 Å². The first-order valence-electron chi connectivity index (χ1n) is 10.6. The summed E-state index contributed by atoms with van der Waals surface area (Å²) < 4.78 is 12.3. The Kier molecular flexibility index (Phi) is 5.60. The average molecular weight is 501 g/mol. The van der Waals surface area contributed by atoms with Gasteiger partial charge in [-0.25, -0.2) is 4.98 Å². The summed E-state index contributed by atoms with van der Waals surface area (Å²) in [6.07, 6.45) is 0.924. The number of rotatable bonds is 5. The fourth-order valence-corrected chi connectivity index (χ4v) is 4.41. The third-order valence-electron chi connectivity index (χ3n) is 5.61. The van der Waals surface area contributed by atoms with Crippen LogP contribution in [0.2, 0.25) is 0 Å². The summed E-state index contributed by atoms with van der Waals surface area (Å²) in [6.45, 7) is 2.11. The van der Waals surface area contributed by atoms with Crippen molar-refractivity contribution >= 4 is 49.4 Å². The molecule has 0 spiro atoms. The smallest absolute Gasteiger partial charge is 0.259 e. The first kappa shape index (κ1) is 21.2. The maximum absolute atomic E-state index is 13.0. The second-order valence-corrected chi connectivity index (χ2v) is 8.58. The van der Waals surface area contributed by atoms with Crippen molar-refractivity contribution in [1.29, 1.82) is 0 Å². The van der Waals surface area contributed by atoms with E-state index < -0.39 is 0 Å². The highest BCUT2D eigenvalue weighted by Crippen LogP contribution is 2.32. The van der Waals surface area contributed by atoms with Crippen molar-refractivity contribution < 1.29 is 13.9 Å². The molecule has 0 fully saturated rings. The van der Waals surface area contributed by atoms with Crippen LogP contribution in [-0.4, -0.2) is 18.0 Å². The van der Waals surface area contributed by atoms with Gasteiger partial charge in [0.25, 0.3) is 5.91 Å². The molecule has 0 bridgehead atoms. The van der Waals surface area contributed by atoms with Crippen molar-refractivity contribution in [3.05, 3.63) is 88.4 Å². The van der Waals surface area contributed by atoms with E-state index in [1.807, 2.05) is 66.7 Å². The number of amides is 1. The molecule has 0 aliphatic carbocycles. The molecule has 5 rings (SSSR count). The van der Waals surface area contributed by atoms with Crippen molar-refractivity contribution in [3.63, 3.8) is 0 Å². The molecule has 6 heteroatoms. The molecule has 0 saturated heterocycles. The maximum Gasteiger partial charge on any atom is 0.259 e. The molecule has 0 atom stereocenters. The van der Waals surface area contributed by atoms with Gasteiger partial charge in [0, 0.05) is 11.3 Å². The van der Waals surface area contributed by atoms with Crippen molar-refractivity contribution in [2.45, 2.75) is 13.3 Å². The zero-order valence-corrected chi connectivity index (χ0v) is 19.8. The van der Waals surface area contributed by atoms with Crippen molar-refractivity contribution in [2.75, 3.05) is 12.4 Å². The fourth-order valence-electron chi connectivity index (χ4n) is 3.83. The molecule has 5 aromatic rings. The number of oxazole rings is 1. The minimum Gasteiger partial charge on any atom is -0.496 e. The number of carbonyl (C=O) groups is 1. The van der Waals surface area contributed by atoms with E-state index in [0.717, 1.165) is 38.3 Å². The minimum atomic E-state index is -0.233. The number of anilines is 1.